The van der Waals surface area contributed by atoms with E-state index < -0.39 is 18.1 Å². The first kappa shape index (κ1) is 31.7. The van der Waals surface area contributed by atoms with E-state index in [1.807, 2.05) is 103 Å². The first-order valence-corrected chi connectivity index (χ1v) is 16.5. The van der Waals surface area contributed by atoms with E-state index in [4.69, 9.17) is 14.2 Å². The molecule has 6 heteroatoms. The average molecular weight is 648 g/mol. The number of hydrogen-bond donors (Lipinski definition) is 1. The van der Waals surface area contributed by atoms with Gasteiger partial charge in [-0.1, -0.05) is 133 Å². The molecule has 0 saturated carbocycles. The minimum Gasteiger partial charge on any atom is -0.489 e. The van der Waals surface area contributed by atoms with Crippen LogP contribution in [0.4, 0.5) is 4.79 Å². The lowest BCUT2D eigenvalue weighted by Crippen LogP contribution is -2.43. The van der Waals surface area contributed by atoms with Crippen molar-refractivity contribution in [2.24, 2.45) is 0 Å². The number of nitrogens with one attached hydrogen (secondary N) is 1. The van der Waals surface area contributed by atoms with Gasteiger partial charge in [-0.05, 0) is 68.8 Å². The fourth-order valence-electron chi connectivity index (χ4n) is 6.37. The molecule has 0 heterocycles. The molecule has 1 N–H and O–H groups in total. The maximum Gasteiger partial charge on any atom is 0.407 e. The number of rotatable bonds is 11. The summed E-state index contributed by atoms with van der Waals surface area (Å²) in [6.45, 7) is 2.72. The molecule has 0 bridgehead atoms. The van der Waals surface area contributed by atoms with Gasteiger partial charge in [-0.3, -0.25) is 0 Å². The van der Waals surface area contributed by atoms with Crippen molar-refractivity contribution >= 4 is 22.8 Å². The van der Waals surface area contributed by atoms with Crippen LogP contribution in [-0.2, 0) is 33.9 Å². The fraction of sp³-hybridized carbons (Fsp3) is 0.163. The van der Waals surface area contributed by atoms with Crippen LogP contribution in [0.5, 0.6) is 5.75 Å². The molecule has 0 saturated heterocycles. The molecule has 1 atom stereocenters. The van der Waals surface area contributed by atoms with Gasteiger partial charge in [0.05, 0.1) is 0 Å². The van der Waals surface area contributed by atoms with Crippen LogP contribution in [0.25, 0.3) is 21.9 Å². The van der Waals surface area contributed by atoms with Gasteiger partial charge in [0, 0.05) is 12.3 Å². The number of esters is 1. The van der Waals surface area contributed by atoms with Crippen LogP contribution in [0, 0.1) is 6.92 Å². The smallest absolute Gasteiger partial charge is 0.407 e. The van der Waals surface area contributed by atoms with E-state index in [-0.39, 0.29) is 25.6 Å². The Hall–Kier alpha value is -5.88. The van der Waals surface area contributed by atoms with Crippen LogP contribution in [0.15, 0.2) is 140 Å². The molecule has 0 aliphatic heterocycles. The molecule has 0 unspecified atom stereocenters. The third-order valence-corrected chi connectivity index (χ3v) is 9.00. The van der Waals surface area contributed by atoms with E-state index in [9.17, 15) is 9.59 Å². The Morgan fingerprint density at radius 3 is 1.94 bits per heavy atom. The minimum absolute atomic E-state index is 0.0532. The molecule has 49 heavy (non-hydrogen) atoms. The third kappa shape index (κ3) is 7.49. The standard InChI is InChI=1S/C43H37NO5/c1-29-14-16-30(17-15-29)26-47-35-22-19-31(20-23-35)27-48-42(45)41(25-32-18-21-33-8-2-3-9-34(33)24-32)44-43(46)49-28-40-38-12-6-4-10-36(38)37-11-5-7-13-39(37)40/h2-24,40-41H,25-28H2,1H3,(H,44,46)/t41-/m0/s1. The summed E-state index contributed by atoms with van der Waals surface area (Å²) in [5, 5.41) is 4.96. The summed E-state index contributed by atoms with van der Waals surface area (Å²) < 4.78 is 17.5. The lowest BCUT2D eigenvalue weighted by atomic mass is 9.98. The summed E-state index contributed by atoms with van der Waals surface area (Å²) >= 11 is 0. The summed E-state index contributed by atoms with van der Waals surface area (Å²) in [7, 11) is 0. The van der Waals surface area contributed by atoms with Crippen molar-refractivity contribution in [3.05, 3.63) is 173 Å². The molecule has 1 amide bonds. The number of hydrogen-bond acceptors (Lipinski definition) is 5. The Morgan fingerprint density at radius 2 is 1.22 bits per heavy atom. The molecule has 0 fully saturated rings. The van der Waals surface area contributed by atoms with Gasteiger partial charge < -0.3 is 19.5 Å². The Bertz CT molecular complexity index is 2040. The highest BCUT2D eigenvalue weighted by Gasteiger charge is 2.30. The summed E-state index contributed by atoms with van der Waals surface area (Å²) in [4.78, 5) is 26.8. The Kier molecular flexibility index (Phi) is 9.37. The Balaban J connectivity index is 1.01. The topological polar surface area (TPSA) is 73.9 Å². The molecule has 0 spiro atoms. The number of ether oxygens (including phenoxy) is 3. The van der Waals surface area contributed by atoms with Crippen LogP contribution >= 0.6 is 0 Å². The van der Waals surface area contributed by atoms with Crippen molar-refractivity contribution in [3.63, 3.8) is 0 Å². The van der Waals surface area contributed by atoms with Crippen LogP contribution in [0.1, 0.15) is 39.3 Å². The second-order valence-corrected chi connectivity index (χ2v) is 12.4. The maximum absolute atomic E-state index is 13.5. The van der Waals surface area contributed by atoms with Crippen LogP contribution in [0.2, 0.25) is 0 Å². The second-order valence-electron chi connectivity index (χ2n) is 12.4. The predicted molar refractivity (Wildman–Crippen MR) is 191 cm³/mol. The van der Waals surface area contributed by atoms with Gasteiger partial charge in [0.15, 0.2) is 0 Å². The average Bonchev–Trinajstić information content (AvgIpc) is 3.46. The molecule has 6 aromatic carbocycles. The van der Waals surface area contributed by atoms with E-state index in [0.717, 1.165) is 55.5 Å². The number of alkyl carbamates (subject to hydrolysis) is 1. The van der Waals surface area contributed by atoms with Gasteiger partial charge in [-0.2, -0.15) is 0 Å². The second kappa shape index (κ2) is 14.5. The van der Waals surface area contributed by atoms with Gasteiger partial charge in [0.1, 0.15) is 31.6 Å². The fourth-order valence-corrected chi connectivity index (χ4v) is 6.37. The van der Waals surface area contributed by atoms with Crippen molar-refractivity contribution in [2.75, 3.05) is 6.61 Å². The highest BCUT2D eigenvalue weighted by molar-refractivity contribution is 5.85. The minimum atomic E-state index is -0.950. The molecule has 244 valence electrons. The van der Waals surface area contributed by atoms with E-state index in [1.54, 1.807) is 0 Å². The first-order chi connectivity index (χ1) is 24.0. The van der Waals surface area contributed by atoms with Crippen molar-refractivity contribution < 1.29 is 23.8 Å². The quantitative estimate of drug-likeness (QED) is 0.142. The predicted octanol–water partition coefficient (Wildman–Crippen LogP) is 8.92. The molecule has 6 aromatic rings. The molecule has 0 radical (unpaired) electrons. The SMILES string of the molecule is Cc1ccc(COc2ccc(COC(=O)[C@H](Cc3ccc4ccccc4c3)NC(=O)OCC3c4ccccc4-c4ccccc43)cc2)cc1. The summed E-state index contributed by atoms with van der Waals surface area (Å²) in [6.07, 6.45) is -0.417. The van der Waals surface area contributed by atoms with Gasteiger partial charge in [0.25, 0.3) is 0 Å². The van der Waals surface area contributed by atoms with E-state index in [0.29, 0.717) is 6.61 Å². The van der Waals surface area contributed by atoms with Crippen molar-refractivity contribution in [1.82, 2.24) is 5.32 Å². The highest BCUT2D eigenvalue weighted by atomic mass is 16.6. The molecular formula is C43H37NO5. The van der Waals surface area contributed by atoms with E-state index in [1.165, 1.54) is 5.56 Å². The normalized spacial score (nSPS) is 12.5. The van der Waals surface area contributed by atoms with Gasteiger partial charge in [0.2, 0.25) is 0 Å². The number of fused-ring (bicyclic) bond motifs is 4. The summed E-state index contributed by atoms with van der Waals surface area (Å²) in [6, 6.07) is 45.2. The number of benzene rings is 6. The van der Waals surface area contributed by atoms with Gasteiger partial charge >= 0.3 is 12.1 Å². The van der Waals surface area contributed by atoms with Crippen molar-refractivity contribution in [1.29, 1.82) is 0 Å². The third-order valence-electron chi connectivity index (χ3n) is 9.00. The van der Waals surface area contributed by atoms with Crippen LogP contribution in [0.3, 0.4) is 0 Å². The largest absolute Gasteiger partial charge is 0.489 e. The maximum atomic E-state index is 13.5. The number of aryl methyl sites for hydroxylation is 1. The Labute approximate surface area is 286 Å². The molecule has 1 aliphatic rings. The van der Waals surface area contributed by atoms with Gasteiger partial charge in [-0.25, -0.2) is 9.59 Å². The molecule has 7 rings (SSSR count). The zero-order chi connectivity index (χ0) is 33.6. The highest BCUT2D eigenvalue weighted by Crippen LogP contribution is 2.44. The molecule has 0 aromatic heterocycles. The van der Waals surface area contributed by atoms with E-state index in [2.05, 4.69) is 48.6 Å². The van der Waals surface area contributed by atoms with Gasteiger partial charge in [-0.15, -0.1) is 0 Å². The Morgan fingerprint density at radius 1 is 0.633 bits per heavy atom. The monoisotopic (exact) mass is 647 g/mol. The lowest BCUT2D eigenvalue weighted by molar-refractivity contribution is -0.147. The van der Waals surface area contributed by atoms with Crippen molar-refractivity contribution in [2.45, 2.75) is 38.5 Å². The molecule has 6 nitrogen and oxygen atoms in total. The summed E-state index contributed by atoms with van der Waals surface area (Å²) in [5.41, 5.74) is 8.54. The van der Waals surface area contributed by atoms with Crippen LogP contribution in [-0.4, -0.2) is 24.7 Å². The molecular weight excluding hydrogens is 610 g/mol. The number of amides is 1. The zero-order valence-corrected chi connectivity index (χ0v) is 27.3. The van der Waals surface area contributed by atoms with Crippen molar-refractivity contribution in [3.8, 4) is 16.9 Å². The zero-order valence-electron chi connectivity index (χ0n) is 27.3. The molecule has 1 aliphatic carbocycles. The summed E-state index contributed by atoms with van der Waals surface area (Å²) in [5.74, 6) is 0.0935. The lowest BCUT2D eigenvalue weighted by Gasteiger charge is -2.20. The van der Waals surface area contributed by atoms with E-state index >= 15 is 0 Å². The van der Waals surface area contributed by atoms with Crippen LogP contribution < -0.4 is 10.1 Å². The first-order valence-electron chi connectivity index (χ1n) is 16.5. The number of carbonyl (C=O) groups excluding carboxylic acids is 2. The number of carbonyl (C=O) groups is 2.